The van der Waals surface area contributed by atoms with Gasteiger partial charge in [-0.3, -0.25) is 14.4 Å². The lowest BCUT2D eigenvalue weighted by Gasteiger charge is -2.53. The largest absolute Gasteiger partial charge is 0.356 e. The monoisotopic (exact) mass is 519 g/mol. The minimum atomic E-state index is -3.22. The van der Waals surface area contributed by atoms with Gasteiger partial charge in [0, 0.05) is 30.3 Å². The minimum Gasteiger partial charge on any atom is -0.356 e. The highest BCUT2D eigenvalue weighted by atomic mass is 19.3. The first-order valence-corrected chi connectivity index (χ1v) is 12.3. The van der Waals surface area contributed by atoms with Gasteiger partial charge in [-0.1, -0.05) is 0 Å². The Bertz CT molecular complexity index is 1270. The van der Waals surface area contributed by atoms with Crippen LogP contribution < -0.4 is 10.6 Å². The van der Waals surface area contributed by atoms with Crippen LogP contribution in [-0.2, 0) is 9.59 Å². The van der Waals surface area contributed by atoms with Crippen molar-refractivity contribution in [2.24, 2.45) is 11.8 Å². The standard InChI is InChI=1S/C25H25F4N5O3/c26-17-5-6-18(27)20-15(17)9-19(33-20)24(37)34-14-3-4-16(25(28,29)10-14)21(34)23(36)32-13(11-30)8-12-2-1-7-31-22(12)35/h5-6,9,12-14,16,21,33H,1-4,7-8,10H2,(H,31,35)(H,32,36)/t12-,13+,14-,16-,21-/m1/s1. The molecule has 1 aromatic heterocycles. The van der Waals surface area contributed by atoms with Crippen LogP contribution in [0.5, 0.6) is 0 Å². The number of aromatic nitrogens is 1. The molecule has 3 N–H and O–H groups in total. The number of nitriles is 1. The predicted molar refractivity (Wildman–Crippen MR) is 122 cm³/mol. The number of hydrogen-bond donors (Lipinski definition) is 3. The van der Waals surface area contributed by atoms with Crippen LogP contribution in [0.4, 0.5) is 17.6 Å². The second kappa shape index (κ2) is 9.36. The van der Waals surface area contributed by atoms with Gasteiger partial charge in [-0.2, -0.15) is 5.26 Å². The van der Waals surface area contributed by atoms with E-state index < -0.39 is 65.8 Å². The summed E-state index contributed by atoms with van der Waals surface area (Å²) in [5.41, 5.74) is -0.476. The van der Waals surface area contributed by atoms with E-state index in [9.17, 15) is 37.2 Å². The fourth-order valence-electron chi connectivity index (χ4n) is 5.95. The highest BCUT2D eigenvalue weighted by Crippen LogP contribution is 2.49. The lowest BCUT2D eigenvalue weighted by Crippen LogP contribution is -2.68. The number of rotatable bonds is 5. The number of amides is 3. The van der Waals surface area contributed by atoms with Crippen LogP contribution in [0.2, 0.25) is 0 Å². The maximum Gasteiger partial charge on any atom is 0.271 e. The van der Waals surface area contributed by atoms with Crippen LogP contribution >= 0.6 is 0 Å². The van der Waals surface area contributed by atoms with Crippen molar-refractivity contribution in [2.45, 2.75) is 62.6 Å². The molecule has 8 nitrogen and oxygen atoms in total. The number of nitrogens with one attached hydrogen (secondary N) is 3. The number of benzene rings is 1. The van der Waals surface area contributed by atoms with Crippen molar-refractivity contribution in [3.05, 3.63) is 35.5 Å². The number of piperidine rings is 3. The fraction of sp³-hybridized carbons (Fsp3) is 0.520. The van der Waals surface area contributed by atoms with Crippen LogP contribution in [0, 0.1) is 34.8 Å². The first-order valence-electron chi connectivity index (χ1n) is 12.3. The molecule has 0 spiro atoms. The van der Waals surface area contributed by atoms with E-state index in [0.717, 1.165) is 29.5 Å². The van der Waals surface area contributed by atoms with E-state index >= 15 is 0 Å². The van der Waals surface area contributed by atoms with Crippen molar-refractivity contribution in [1.29, 1.82) is 5.26 Å². The third kappa shape index (κ3) is 4.40. The summed E-state index contributed by atoms with van der Waals surface area (Å²) >= 11 is 0. The molecule has 4 fully saturated rings. The molecular formula is C25H25F4N5O3. The summed E-state index contributed by atoms with van der Waals surface area (Å²) in [4.78, 5) is 42.6. The summed E-state index contributed by atoms with van der Waals surface area (Å²) in [7, 11) is 0. The number of fused-ring (bicyclic) bond motifs is 4. The smallest absolute Gasteiger partial charge is 0.271 e. The maximum absolute atomic E-state index is 14.9. The lowest BCUT2D eigenvalue weighted by atomic mass is 9.71. The van der Waals surface area contributed by atoms with E-state index in [0.29, 0.717) is 13.0 Å². The van der Waals surface area contributed by atoms with E-state index in [4.69, 9.17) is 0 Å². The van der Waals surface area contributed by atoms with Gasteiger partial charge >= 0.3 is 0 Å². The van der Waals surface area contributed by atoms with Crippen molar-refractivity contribution in [2.75, 3.05) is 6.54 Å². The molecule has 196 valence electrons. The zero-order valence-electron chi connectivity index (χ0n) is 19.7. The average molecular weight is 519 g/mol. The van der Waals surface area contributed by atoms with Gasteiger partial charge in [-0.15, -0.1) is 0 Å². The normalized spacial score (nSPS) is 27.4. The maximum atomic E-state index is 14.9. The Balaban J connectivity index is 1.43. The van der Waals surface area contributed by atoms with Crippen molar-refractivity contribution in [3.63, 3.8) is 0 Å². The van der Waals surface area contributed by atoms with Crippen LogP contribution in [0.3, 0.4) is 0 Å². The number of carbonyl (C=O) groups is 3. The third-order valence-electron chi connectivity index (χ3n) is 7.75. The summed E-state index contributed by atoms with van der Waals surface area (Å²) in [5, 5.41) is 14.6. The quantitative estimate of drug-likeness (QED) is 0.527. The first-order chi connectivity index (χ1) is 17.6. The Morgan fingerprint density at radius 1 is 1.22 bits per heavy atom. The van der Waals surface area contributed by atoms with Crippen molar-refractivity contribution in [1.82, 2.24) is 20.5 Å². The molecule has 0 unspecified atom stereocenters. The van der Waals surface area contributed by atoms with Crippen molar-refractivity contribution < 1.29 is 31.9 Å². The molecule has 0 radical (unpaired) electrons. The molecule has 2 aromatic rings. The Morgan fingerprint density at radius 3 is 2.65 bits per heavy atom. The van der Waals surface area contributed by atoms with Gasteiger partial charge in [0.05, 0.1) is 17.5 Å². The molecule has 5 atom stereocenters. The summed E-state index contributed by atoms with van der Waals surface area (Å²) in [6, 6.07) is 1.14. The molecule has 12 heteroatoms. The Morgan fingerprint density at radius 2 is 1.97 bits per heavy atom. The highest BCUT2D eigenvalue weighted by Gasteiger charge is 2.60. The van der Waals surface area contributed by atoms with E-state index in [2.05, 4.69) is 15.6 Å². The van der Waals surface area contributed by atoms with Crippen LogP contribution in [0.15, 0.2) is 18.2 Å². The molecule has 37 heavy (non-hydrogen) atoms. The number of halogens is 4. The molecule has 1 aromatic carbocycles. The molecule has 4 heterocycles. The third-order valence-corrected chi connectivity index (χ3v) is 7.75. The number of alkyl halides is 2. The van der Waals surface area contributed by atoms with Gasteiger partial charge in [0.25, 0.3) is 11.8 Å². The number of nitrogens with zero attached hydrogens (tertiary/aromatic N) is 2. The summed E-state index contributed by atoms with van der Waals surface area (Å²) in [6.07, 6.45) is 0.861. The number of aromatic amines is 1. The second-order valence-corrected chi connectivity index (χ2v) is 10.0. The first kappa shape index (κ1) is 25.0. The van der Waals surface area contributed by atoms with Crippen LogP contribution in [0.1, 0.15) is 49.0 Å². The highest BCUT2D eigenvalue weighted by molar-refractivity contribution is 6.01. The SMILES string of the molecule is N#C[C@H](C[C@H]1CCCNC1=O)NC(=O)[C@H]1[C@H]2CC[C@H](CC2(F)F)N1C(=O)c1cc2c(F)ccc(F)c2[nH]1. The van der Waals surface area contributed by atoms with E-state index in [-0.39, 0.29) is 41.8 Å². The topological polar surface area (TPSA) is 118 Å². The van der Waals surface area contributed by atoms with E-state index in [1.807, 2.05) is 6.07 Å². The molecule has 3 amide bonds. The van der Waals surface area contributed by atoms with Crippen LogP contribution in [0.25, 0.3) is 10.9 Å². The van der Waals surface area contributed by atoms with Gasteiger partial charge in [0.1, 0.15) is 29.4 Å². The minimum absolute atomic E-state index is 0.00224. The zero-order chi connectivity index (χ0) is 26.5. The Kier molecular flexibility index (Phi) is 6.33. The summed E-state index contributed by atoms with van der Waals surface area (Å²) < 4.78 is 58.3. The number of H-pyrrole nitrogens is 1. The molecule has 1 aliphatic carbocycles. The van der Waals surface area contributed by atoms with Gasteiger partial charge in [0.2, 0.25) is 11.8 Å². The molecule has 6 rings (SSSR count). The van der Waals surface area contributed by atoms with Gasteiger partial charge in [-0.25, -0.2) is 17.6 Å². The molecular weight excluding hydrogens is 494 g/mol. The number of carbonyl (C=O) groups excluding carboxylic acids is 3. The Hall–Kier alpha value is -3.62. The number of hydrogen-bond acceptors (Lipinski definition) is 4. The Labute approximate surface area is 209 Å². The molecule has 2 bridgehead atoms. The van der Waals surface area contributed by atoms with Crippen LogP contribution in [-0.4, -0.2) is 58.2 Å². The lowest BCUT2D eigenvalue weighted by molar-refractivity contribution is -0.179. The fourth-order valence-corrected chi connectivity index (χ4v) is 5.95. The predicted octanol–water partition coefficient (Wildman–Crippen LogP) is 3.00. The average Bonchev–Trinajstić information content (AvgIpc) is 3.33. The molecule has 3 saturated heterocycles. The van der Waals surface area contributed by atoms with Gasteiger partial charge in [-0.05, 0) is 50.3 Å². The molecule has 3 aliphatic heterocycles. The van der Waals surface area contributed by atoms with Gasteiger partial charge < -0.3 is 20.5 Å². The van der Waals surface area contributed by atoms with E-state index in [1.165, 1.54) is 0 Å². The summed E-state index contributed by atoms with van der Waals surface area (Å²) in [5.74, 6) is -8.76. The summed E-state index contributed by atoms with van der Waals surface area (Å²) in [6.45, 7) is 0.526. The zero-order valence-corrected chi connectivity index (χ0v) is 19.7. The van der Waals surface area contributed by atoms with Crippen molar-refractivity contribution in [3.8, 4) is 6.07 Å². The van der Waals surface area contributed by atoms with Crippen molar-refractivity contribution >= 4 is 28.6 Å². The second-order valence-electron chi connectivity index (χ2n) is 10.0. The van der Waals surface area contributed by atoms with Gasteiger partial charge in [0.15, 0.2) is 0 Å². The van der Waals surface area contributed by atoms with E-state index in [1.54, 1.807) is 0 Å². The molecule has 1 saturated carbocycles. The molecule has 4 aliphatic rings.